The molecule has 3 N–H and O–H groups in total. The molecule has 1 unspecified atom stereocenters. The maximum atomic E-state index is 6.89. The molecule has 0 amide bonds. The van der Waals surface area contributed by atoms with Crippen molar-refractivity contribution in [2.45, 2.75) is 13.0 Å². The summed E-state index contributed by atoms with van der Waals surface area (Å²) in [5.74, 6) is 0. The Morgan fingerprint density at radius 2 is 2.21 bits per heavy atom. The Hall–Kier alpha value is -1.78. The highest BCUT2D eigenvalue weighted by atomic mass is 16.6. The first kappa shape index (κ1) is 12.2. The van der Waals surface area contributed by atoms with Crippen LogP contribution in [0.25, 0.3) is 0 Å². The number of hydrogen-bond donors (Lipinski definition) is 3. The van der Waals surface area contributed by atoms with Crippen molar-refractivity contribution in [3.05, 3.63) is 24.6 Å². The Labute approximate surface area is 84.0 Å². The van der Waals surface area contributed by atoms with E-state index >= 15 is 0 Å². The van der Waals surface area contributed by atoms with Crippen LogP contribution in [0.1, 0.15) is 6.92 Å². The molecule has 0 aliphatic carbocycles. The predicted molar refractivity (Wildman–Crippen MR) is 58.3 cm³/mol. The highest BCUT2D eigenvalue weighted by molar-refractivity contribution is 5.52. The van der Waals surface area contributed by atoms with Gasteiger partial charge in [-0.25, -0.2) is 0 Å². The molecule has 1 atom stereocenters. The number of hydrogen-bond acceptors (Lipinski definition) is 4. The van der Waals surface area contributed by atoms with E-state index in [9.17, 15) is 0 Å². The van der Waals surface area contributed by atoms with Gasteiger partial charge in [-0.1, -0.05) is 5.16 Å². The average molecular weight is 196 g/mol. The smallest absolute Gasteiger partial charge is 0.120 e. The van der Waals surface area contributed by atoms with Gasteiger partial charge in [0.1, 0.15) is 6.26 Å². The third-order valence-corrected chi connectivity index (χ3v) is 1.26. The van der Waals surface area contributed by atoms with Crippen molar-refractivity contribution in [2.75, 3.05) is 7.05 Å². The molecule has 0 spiro atoms. The third-order valence-electron chi connectivity index (χ3n) is 1.26. The Balaban J connectivity index is 4.00. The van der Waals surface area contributed by atoms with E-state index in [1.165, 1.54) is 6.26 Å². The third kappa shape index (κ3) is 6.90. The van der Waals surface area contributed by atoms with E-state index in [0.29, 0.717) is 0 Å². The quantitative estimate of drug-likeness (QED) is 0.244. The lowest BCUT2D eigenvalue weighted by molar-refractivity contribution is 0.268. The van der Waals surface area contributed by atoms with Crippen molar-refractivity contribution < 1.29 is 4.84 Å². The summed E-state index contributed by atoms with van der Waals surface area (Å²) in [5, 5.41) is 16.1. The fraction of sp³-hybridized carbons (Fsp3) is 0.333. The second kappa shape index (κ2) is 9.31. The maximum Gasteiger partial charge on any atom is 0.120 e. The zero-order chi connectivity index (χ0) is 10.6. The van der Waals surface area contributed by atoms with Gasteiger partial charge in [-0.3, -0.25) is 5.41 Å². The van der Waals surface area contributed by atoms with Gasteiger partial charge in [-0.2, -0.15) is 0 Å². The van der Waals surface area contributed by atoms with Crippen molar-refractivity contribution in [1.82, 2.24) is 10.6 Å². The molecule has 0 saturated carbocycles. The summed E-state index contributed by atoms with van der Waals surface area (Å²) >= 11 is 0. The molecule has 0 heterocycles. The summed E-state index contributed by atoms with van der Waals surface area (Å²) in [6.07, 6.45) is 9.49. The Bertz CT molecular complexity index is 223. The van der Waals surface area contributed by atoms with Gasteiger partial charge in [0.25, 0.3) is 0 Å². The van der Waals surface area contributed by atoms with Crippen LogP contribution in [0.15, 0.2) is 29.8 Å². The molecule has 5 nitrogen and oxygen atoms in total. The molecule has 0 radical (unpaired) electrons. The van der Waals surface area contributed by atoms with Crippen LogP contribution in [0.4, 0.5) is 0 Å². The van der Waals surface area contributed by atoms with Crippen LogP contribution in [0.5, 0.6) is 0 Å². The fourth-order valence-corrected chi connectivity index (χ4v) is 0.687. The monoisotopic (exact) mass is 196 g/mol. The van der Waals surface area contributed by atoms with Gasteiger partial charge in [0, 0.05) is 13.3 Å². The minimum absolute atomic E-state index is 0.0768. The van der Waals surface area contributed by atoms with Gasteiger partial charge >= 0.3 is 0 Å². The molecule has 78 valence electrons. The highest BCUT2D eigenvalue weighted by Crippen LogP contribution is 1.89. The van der Waals surface area contributed by atoms with E-state index in [-0.39, 0.29) is 6.04 Å². The molecule has 0 bridgehead atoms. The summed E-state index contributed by atoms with van der Waals surface area (Å²) < 4.78 is 0. The topological polar surface area (TPSA) is 69.5 Å². The molecule has 0 aromatic heterocycles. The number of oxime groups is 1. The highest BCUT2D eigenvalue weighted by Gasteiger charge is 1.94. The van der Waals surface area contributed by atoms with Gasteiger partial charge in [-0.15, -0.1) is 0 Å². The SMILES string of the molecule is C/C=N/O/C=C/C(/C=C/NC)NC=N. The molecule has 0 saturated heterocycles. The van der Waals surface area contributed by atoms with Crippen molar-refractivity contribution in [1.29, 1.82) is 5.41 Å². The Morgan fingerprint density at radius 1 is 1.43 bits per heavy atom. The summed E-state index contributed by atoms with van der Waals surface area (Å²) in [6.45, 7) is 1.77. The molecule has 0 aromatic rings. The van der Waals surface area contributed by atoms with E-state index < -0.39 is 0 Å². The van der Waals surface area contributed by atoms with Gasteiger partial charge in [0.15, 0.2) is 0 Å². The first-order valence-corrected chi connectivity index (χ1v) is 4.24. The van der Waals surface area contributed by atoms with Crippen LogP contribution in [-0.2, 0) is 4.84 Å². The second-order valence-electron chi connectivity index (χ2n) is 2.28. The lowest BCUT2D eigenvalue weighted by Crippen LogP contribution is -2.23. The molecular weight excluding hydrogens is 180 g/mol. The van der Waals surface area contributed by atoms with E-state index in [4.69, 9.17) is 10.2 Å². The number of nitrogens with one attached hydrogen (secondary N) is 3. The van der Waals surface area contributed by atoms with E-state index in [1.807, 2.05) is 6.08 Å². The Kier molecular flexibility index (Phi) is 8.13. The molecule has 0 fully saturated rings. The molecule has 14 heavy (non-hydrogen) atoms. The first-order valence-electron chi connectivity index (χ1n) is 4.24. The van der Waals surface area contributed by atoms with Crippen LogP contribution in [0.2, 0.25) is 0 Å². The fourth-order valence-electron chi connectivity index (χ4n) is 0.687. The largest absolute Gasteiger partial charge is 0.394 e. The van der Waals surface area contributed by atoms with Crippen LogP contribution in [-0.4, -0.2) is 25.6 Å². The second-order valence-corrected chi connectivity index (χ2v) is 2.28. The first-order chi connectivity index (χ1) is 6.85. The minimum Gasteiger partial charge on any atom is -0.394 e. The van der Waals surface area contributed by atoms with Crippen LogP contribution >= 0.6 is 0 Å². The van der Waals surface area contributed by atoms with Crippen molar-refractivity contribution >= 4 is 12.6 Å². The standard InChI is InChI=1S/C9H16N4O/c1-3-13-14-7-5-9(12-8-10)4-6-11-2/h3-9,11H,1-2H3,(H2,10,12)/b6-4+,7-5+,13-3+. The van der Waals surface area contributed by atoms with Crippen molar-refractivity contribution in [3.8, 4) is 0 Å². The lowest BCUT2D eigenvalue weighted by atomic mass is 10.3. The molecule has 0 aliphatic heterocycles. The van der Waals surface area contributed by atoms with Crippen molar-refractivity contribution in [2.24, 2.45) is 5.16 Å². The van der Waals surface area contributed by atoms with Crippen LogP contribution < -0.4 is 10.6 Å². The molecule has 0 aromatic carbocycles. The Morgan fingerprint density at radius 3 is 2.79 bits per heavy atom. The maximum absolute atomic E-state index is 6.89. The van der Waals surface area contributed by atoms with Gasteiger partial charge in [-0.05, 0) is 25.3 Å². The van der Waals surface area contributed by atoms with Crippen LogP contribution in [0, 0.1) is 5.41 Å². The number of nitrogens with zero attached hydrogens (tertiary/aromatic N) is 1. The zero-order valence-electron chi connectivity index (χ0n) is 8.40. The van der Waals surface area contributed by atoms with Gasteiger partial charge in [0.2, 0.25) is 0 Å². The molecule has 0 rings (SSSR count). The summed E-state index contributed by atoms with van der Waals surface area (Å²) in [6, 6.07) is -0.0768. The summed E-state index contributed by atoms with van der Waals surface area (Å²) in [5.41, 5.74) is 0. The van der Waals surface area contributed by atoms with Crippen molar-refractivity contribution in [3.63, 3.8) is 0 Å². The summed E-state index contributed by atoms with van der Waals surface area (Å²) in [7, 11) is 1.81. The van der Waals surface area contributed by atoms with Gasteiger partial charge in [0.05, 0.1) is 12.4 Å². The minimum atomic E-state index is -0.0768. The lowest BCUT2D eigenvalue weighted by Gasteiger charge is -2.05. The van der Waals surface area contributed by atoms with Crippen LogP contribution in [0.3, 0.4) is 0 Å². The normalized spacial score (nSPS) is 13.6. The molecular formula is C9H16N4O. The van der Waals surface area contributed by atoms with E-state index in [0.717, 1.165) is 6.34 Å². The van der Waals surface area contributed by atoms with Gasteiger partial charge < -0.3 is 15.5 Å². The number of rotatable bonds is 7. The summed E-state index contributed by atoms with van der Waals surface area (Å²) in [4.78, 5) is 4.76. The average Bonchev–Trinajstić information content (AvgIpc) is 2.20. The zero-order valence-corrected chi connectivity index (χ0v) is 8.40. The molecule has 0 aliphatic rings. The predicted octanol–water partition coefficient (Wildman–Crippen LogP) is 0.821. The van der Waals surface area contributed by atoms with E-state index in [1.54, 1.807) is 32.5 Å². The molecule has 5 heteroatoms. The van der Waals surface area contributed by atoms with E-state index in [2.05, 4.69) is 15.8 Å².